The van der Waals surface area contributed by atoms with Crippen molar-refractivity contribution in [2.75, 3.05) is 25.0 Å². The summed E-state index contributed by atoms with van der Waals surface area (Å²) in [6.45, 7) is 11.4. The van der Waals surface area contributed by atoms with E-state index in [1.54, 1.807) is 0 Å². The SMILES string of the molecule is CCNC(=NCC(C)Cn1nc(C)cc1C)NCC1CC(=O)Nc2ccccc21. The summed E-state index contributed by atoms with van der Waals surface area (Å²) < 4.78 is 2.05. The molecule has 0 spiro atoms. The molecule has 1 amide bonds. The van der Waals surface area contributed by atoms with E-state index < -0.39 is 0 Å². The molecule has 2 atom stereocenters. The minimum atomic E-state index is 0.0657. The van der Waals surface area contributed by atoms with Gasteiger partial charge in [0, 0.05) is 49.9 Å². The molecule has 1 aliphatic heterocycles. The zero-order valence-corrected chi connectivity index (χ0v) is 17.8. The van der Waals surface area contributed by atoms with Gasteiger partial charge in [0.15, 0.2) is 5.96 Å². The van der Waals surface area contributed by atoms with Crippen molar-refractivity contribution in [3.8, 4) is 0 Å². The van der Waals surface area contributed by atoms with Crippen molar-refractivity contribution in [3.63, 3.8) is 0 Å². The third-order valence-electron chi connectivity index (χ3n) is 5.12. The molecule has 0 radical (unpaired) electrons. The van der Waals surface area contributed by atoms with Crippen molar-refractivity contribution in [2.45, 2.75) is 46.6 Å². The fraction of sp³-hybridized carbons (Fsp3) is 0.500. The molecule has 29 heavy (non-hydrogen) atoms. The number of para-hydroxylation sites is 1. The summed E-state index contributed by atoms with van der Waals surface area (Å²) in [5.41, 5.74) is 4.31. The molecule has 156 valence electrons. The highest BCUT2D eigenvalue weighted by molar-refractivity contribution is 5.94. The summed E-state index contributed by atoms with van der Waals surface area (Å²) in [4.78, 5) is 16.8. The Morgan fingerprint density at radius 1 is 1.34 bits per heavy atom. The first-order valence-corrected chi connectivity index (χ1v) is 10.4. The van der Waals surface area contributed by atoms with Crippen LogP contribution in [0.1, 0.15) is 43.1 Å². The van der Waals surface area contributed by atoms with Crippen molar-refractivity contribution in [3.05, 3.63) is 47.3 Å². The number of nitrogens with zero attached hydrogens (tertiary/aromatic N) is 3. The van der Waals surface area contributed by atoms with Crippen molar-refractivity contribution in [1.29, 1.82) is 0 Å². The van der Waals surface area contributed by atoms with E-state index in [0.29, 0.717) is 25.4 Å². The second kappa shape index (κ2) is 9.58. The van der Waals surface area contributed by atoms with Gasteiger partial charge in [0.2, 0.25) is 5.91 Å². The molecule has 1 aliphatic rings. The molecule has 0 saturated carbocycles. The molecular formula is C22H32N6O. The van der Waals surface area contributed by atoms with Crippen LogP contribution in [0.3, 0.4) is 0 Å². The third kappa shape index (κ3) is 5.59. The van der Waals surface area contributed by atoms with Gasteiger partial charge in [-0.1, -0.05) is 25.1 Å². The predicted octanol–water partition coefficient (Wildman–Crippen LogP) is 2.82. The van der Waals surface area contributed by atoms with E-state index in [1.165, 1.54) is 11.3 Å². The zero-order valence-electron chi connectivity index (χ0n) is 17.8. The van der Waals surface area contributed by atoms with Crippen LogP contribution in [0.2, 0.25) is 0 Å². The van der Waals surface area contributed by atoms with Crippen LogP contribution in [0.5, 0.6) is 0 Å². The Labute approximate surface area is 173 Å². The van der Waals surface area contributed by atoms with Crippen LogP contribution in [0.15, 0.2) is 35.3 Å². The smallest absolute Gasteiger partial charge is 0.225 e. The fourth-order valence-electron chi connectivity index (χ4n) is 3.71. The number of aliphatic imine (C=N–C) groups is 1. The second-order valence-electron chi connectivity index (χ2n) is 7.85. The molecule has 7 nitrogen and oxygen atoms in total. The Balaban J connectivity index is 1.59. The number of anilines is 1. The van der Waals surface area contributed by atoms with Crippen molar-refractivity contribution in [1.82, 2.24) is 20.4 Å². The number of carbonyl (C=O) groups is 1. The highest BCUT2D eigenvalue weighted by atomic mass is 16.1. The van der Waals surface area contributed by atoms with E-state index in [1.807, 2.05) is 29.8 Å². The van der Waals surface area contributed by atoms with Gasteiger partial charge in [0.25, 0.3) is 0 Å². The van der Waals surface area contributed by atoms with Crippen LogP contribution >= 0.6 is 0 Å². The Morgan fingerprint density at radius 2 is 2.14 bits per heavy atom. The number of aryl methyl sites for hydroxylation is 2. The largest absolute Gasteiger partial charge is 0.357 e. The molecule has 0 saturated heterocycles. The van der Waals surface area contributed by atoms with Crippen LogP contribution in [0.25, 0.3) is 0 Å². The number of nitrogens with one attached hydrogen (secondary N) is 3. The number of hydrogen-bond acceptors (Lipinski definition) is 3. The van der Waals surface area contributed by atoms with Crippen LogP contribution in [-0.4, -0.2) is 41.3 Å². The number of hydrogen-bond donors (Lipinski definition) is 3. The summed E-state index contributed by atoms with van der Waals surface area (Å²) in [7, 11) is 0. The summed E-state index contributed by atoms with van der Waals surface area (Å²) in [5, 5.41) is 14.2. The molecule has 3 rings (SSSR count). The Kier molecular flexibility index (Phi) is 6.90. The van der Waals surface area contributed by atoms with E-state index in [4.69, 9.17) is 4.99 Å². The van der Waals surface area contributed by atoms with Gasteiger partial charge >= 0.3 is 0 Å². The summed E-state index contributed by atoms with van der Waals surface area (Å²) >= 11 is 0. The van der Waals surface area contributed by atoms with Crippen molar-refractivity contribution >= 4 is 17.6 Å². The first-order valence-electron chi connectivity index (χ1n) is 10.4. The highest BCUT2D eigenvalue weighted by Gasteiger charge is 2.24. The highest BCUT2D eigenvalue weighted by Crippen LogP contribution is 2.31. The van der Waals surface area contributed by atoms with Gasteiger partial charge in [-0.15, -0.1) is 0 Å². The normalized spacial score (nSPS) is 17.4. The topological polar surface area (TPSA) is 83.3 Å². The minimum absolute atomic E-state index is 0.0657. The number of aromatic nitrogens is 2. The van der Waals surface area contributed by atoms with Gasteiger partial charge in [0.1, 0.15) is 0 Å². The fourth-order valence-corrected chi connectivity index (χ4v) is 3.71. The number of amides is 1. The molecule has 0 fully saturated rings. The molecular weight excluding hydrogens is 364 g/mol. The first kappa shape index (κ1) is 20.9. The van der Waals surface area contributed by atoms with Gasteiger partial charge < -0.3 is 16.0 Å². The number of carbonyl (C=O) groups excluding carboxylic acids is 1. The van der Waals surface area contributed by atoms with Gasteiger partial charge in [-0.2, -0.15) is 5.10 Å². The maximum absolute atomic E-state index is 12.0. The number of fused-ring (bicyclic) bond motifs is 1. The van der Waals surface area contributed by atoms with Crippen LogP contribution in [0, 0.1) is 19.8 Å². The van der Waals surface area contributed by atoms with Gasteiger partial charge in [0.05, 0.1) is 5.69 Å². The van der Waals surface area contributed by atoms with Crippen LogP contribution in [-0.2, 0) is 11.3 Å². The minimum Gasteiger partial charge on any atom is -0.357 e. The molecule has 3 N–H and O–H groups in total. The summed E-state index contributed by atoms with van der Waals surface area (Å²) in [5.74, 6) is 1.35. The molecule has 2 aromatic rings. The van der Waals surface area contributed by atoms with Crippen molar-refractivity contribution in [2.24, 2.45) is 10.9 Å². The Bertz CT molecular complexity index is 872. The standard InChI is InChI=1S/C22H32N6O/c1-5-23-22(24-12-15(2)14-28-17(4)10-16(3)27-28)25-13-18-11-21(29)26-20-9-7-6-8-19(18)20/h6-10,15,18H,5,11-14H2,1-4H3,(H,26,29)(H2,23,24,25). The van der Waals surface area contributed by atoms with Crippen molar-refractivity contribution < 1.29 is 4.79 Å². The molecule has 0 aliphatic carbocycles. The average Bonchev–Trinajstić information content (AvgIpc) is 3.00. The third-order valence-corrected chi connectivity index (χ3v) is 5.12. The first-order chi connectivity index (χ1) is 14.0. The molecule has 1 aromatic heterocycles. The molecule has 2 heterocycles. The van der Waals surface area contributed by atoms with Crippen LogP contribution in [0.4, 0.5) is 5.69 Å². The van der Waals surface area contributed by atoms with E-state index in [0.717, 1.165) is 30.4 Å². The summed E-state index contributed by atoms with van der Waals surface area (Å²) in [6.07, 6.45) is 0.484. The lowest BCUT2D eigenvalue weighted by Gasteiger charge is -2.26. The van der Waals surface area contributed by atoms with Crippen LogP contribution < -0.4 is 16.0 Å². The molecule has 2 unspecified atom stereocenters. The molecule has 7 heteroatoms. The quantitative estimate of drug-likeness (QED) is 0.496. The van der Waals surface area contributed by atoms with E-state index >= 15 is 0 Å². The van der Waals surface area contributed by atoms with E-state index in [9.17, 15) is 4.79 Å². The maximum atomic E-state index is 12.0. The Morgan fingerprint density at radius 3 is 2.86 bits per heavy atom. The second-order valence-corrected chi connectivity index (χ2v) is 7.85. The van der Waals surface area contributed by atoms with Gasteiger partial charge in [-0.25, -0.2) is 0 Å². The number of benzene rings is 1. The lowest BCUT2D eigenvalue weighted by Crippen LogP contribution is -2.41. The predicted molar refractivity (Wildman–Crippen MR) is 117 cm³/mol. The van der Waals surface area contributed by atoms with E-state index in [2.05, 4.69) is 54.0 Å². The average molecular weight is 397 g/mol. The number of guanidine groups is 1. The number of rotatable bonds is 7. The summed E-state index contributed by atoms with van der Waals surface area (Å²) in [6, 6.07) is 10.1. The maximum Gasteiger partial charge on any atom is 0.225 e. The van der Waals surface area contributed by atoms with Gasteiger partial charge in [-0.3, -0.25) is 14.5 Å². The monoisotopic (exact) mass is 396 g/mol. The zero-order chi connectivity index (χ0) is 20.8. The van der Waals surface area contributed by atoms with E-state index in [-0.39, 0.29) is 11.8 Å². The molecule has 1 aromatic carbocycles. The van der Waals surface area contributed by atoms with Gasteiger partial charge in [-0.05, 0) is 44.4 Å². The molecule has 0 bridgehead atoms. The lowest BCUT2D eigenvalue weighted by molar-refractivity contribution is -0.116. The lowest BCUT2D eigenvalue weighted by atomic mass is 9.90. The Hall–Kier alpha value is -2.83.